The fourth-order valence-electron chi connectivity index (χ4n) is 1.55. The molecule has 0 aliphatic carbocycles. The first-order valence-corrected chi connectivity index (χ1v) is 8.43. The SMILES string of the molecule is CCCCOCCOCCNCCOCCOCCCC. The average Bonchev–Trinajstić information content (AvgIpc) is 2.50. The first kappa shape index (κ1) is 20.8. The molecule has 0 rings (SSSR count). The largest absolute Gasteiger partial charge is 0.379 e. The molecule has 21 heavy (non-hydrogen) atoms. The molecule has 0 bridgehead atoms. The minimum Gasteiger partial charge on any atom is -0.379 e. The fraction of sp³-hybridized carbons (Fsp3) is 1.00. The van der Waals surface area contributed by atoms with Gasteiger partial charge >= 0.3 is 0 Å². The van der Waals surface area contributed by atoms with Crippen molar-refractivity contribution >= 4 is 0 Å². The number of ether oxygens (including phenoxy) is 4. The van der Waals surface area contributed by atoms with Crippen LogP contribution >= 0.6 is 0 Å². The average molecular weight is 305 g/mol. The van der Waals surface area contributed by atoms with Crippen molar-refractivity contribution in [3.8, 4) is 0 Å². The molecule has 5 nitrogen and oxygen atoms in total. The lowest BCUT2D eigenvalue weighted by molar-refractivity contribution is 0.0419. The van der Waals surface area contributed by atoms with Crippen LogP contribution in [0.15, 0.2) is 0 Å². The summed E-state index contributed by atoms with van der Waals surface area (Å²) in [6.07, 6.45) is 4.62. The van der Waals surface area contributed by atoms with Crippen LogP contribution in [-0.4, -0.2) is 65.9 Å². The van der Waals surface area contributed by atoms with Gasteiger partial charge in [-0.25, -0.2) is 0 Å². The maximum absolute atomic E-state index is 5.45. The van der Waals surface area contributed by atoms with Crippen molar-refractivity contribution < 1.29 is 18.9 Å². The van der Waals surface area contributed by atoms with Crippen LogP contribution in [0.2, 0.25) is 0 Å². The van der Waals surface area contributed by atoms with Crippen molar-refractivity contribution in [1.29, 1.82) is 0 Å². The lowest BCUT2D eigenvalue weighted by Crippen LogP contribution is -2.25. The summed E-state index contributed by atoms with van der Waals surface area (Å²) in [5, 5.41) is 3.28. The van der Waals surface area contributed by atoms with Gasteiger partial charge in [0.1, 0.15) is 0 Å². The Morgan fingerprint density at radius 1 is 0.524 bits per heavy atom. The summed E-state index contributed by atoms with van der Waals surface area (Å²) in [6.45, 7) is 11.9. The van der Waals surface area contributed by atoms with E-state index in [1.807, 2.05) is 0 Å². The Kier molecular flexibility index (Phi) is 19.6. The van der Waals surface area contributed by atoms with Gasteiger partial charge in [0, 0.05) is 26.3 Å². The zero-order valence-electron chi connectivity index (χ0n) is 14.0. The Morgan fingerprint density at radius 2 is 0.905 bits per heavy atom. The highest BCUT2D eigenvalue weighted by atomic mass is 16.5. The summed E-state index contributed by atoms with van der Waals surface area (Å²) in [4.78, 5) is 0. The molecule has 0 atom stereocenters. The van der Waals surface area contributed by atoms with Crippen LogP contribution in [0.25, 0.3) is 0 Å². The molecule has 5 heteroatoms. The first-order chi connectivity index (χ1) is 10.4. The standard InChI is InChI=1S/C16H35NO4/c1-3-5-9-18-13-15-20-11-7-17-8-12-21-16-14-19-10-6-4-2/h17H,3-16H2,1-2H3. The molecule has 0 aromatic heterocycles. The highest BCUT2D eigenvalue weighted by molar-refractivity contribution is 4.45. The molecule has 0 unspecified atom stereocenters. The van der Waals surface area contributed by atoms with E-state index in [0.717, 1.165) is 52.4 Å². The molecule has 0 amide bonds. The topological polar surface area (TPSA) is 49.0 Å². The van der Waals surface area contributed by atoms with E-state index in [-0.39, 0.29) is 0 Å². The van der Waals surface area contributed by atoms with E-state index >= 15 is 0 Å². The van der Waals surface area contributed by atoms with E-state index in [4.69, 9.17) is 18.9 Å². The van der Waals surface area contributed by atoms with E-state index < -0.39 is 0 Å². The van der Waals surface area contributed by atoms with Gasteiger partial charge in [0.05, 0.1) is 39.6 Å². The zero-order chi connectivity index (χ0) is 15.4. The second-order valence-corrected chi connectivity index (χ2v) is 4.91. The lowest BCUT2D eigenvalue weighted by atomic mass is 10.4. The van der Waals surface area contributed by atoms with Gasteiger partial charge in [0.15, 0.2) is 0 Å². The van der Waals surface area contributed by atoms with Crippen LogP contribution < -0.4 is 5.32 Å². The Balaban J connectivity index is 2.90. The van der Waals surface area contributed by atoms with E-state index in [1.165, 1.54) is 12.8 Å². The Hall–Kier alpha value is -0.200. The normalized spacial score (nSPS) is 11.1. The third-order valence-corrected chi connectivity index (χ3v) is 2.87. The van der Waals surface area contributed by atoms with E-state index in [0.29, 0.717) is 26.4 Å². The van der Waals surface area contributed by atoms with Crippen molar-refractivity contribution in [2.24, 2.45) is 0 Å². The maximum atomic E-state index is 5.45. The number of hydrogen-bond donors (Lipinski definition) is 1. The summed E-state index contributed by atoms with van der Waals surface area (Å²) in [5.41, 5.74) is 0. The Bertz CT molecular complexity index is 164. The zero-order valence-corrected chi connectivity index (χ0v) is 14.0. The minimum absolute atomic E-state index is 0.678. The molecule has 0 saturated heterocycles. The number of hydrogen-bond acceptors (Lipinski definition) is 5. The third kappa shape index (κ3) is 19.8. The molecule has 0 saturated carbocycles. The minimum atomic E-state index is 0.678. The van der Waals surface area contributed by atoms with Crippen molar-refractivity contribution in [3.63, 3.8) is 0 Å². The molecular formula is C16H35NO4. The van der Waals surface area contributed by atoms with Gasteiger partial charge in [0.25, 0.3) is 0 Å². The molecule has 0 aromatic rings. The molecule has 1 N–H and O–H groups in total. The number of nitrogens with one attached hydrogen (secondary N) is 1. The summed E-state index contributed by atoms with van der Waals surface area (Å²) < 4.78 is 21.7. The number of rotatable bonds is 18. The van der Waals surface area contributed by atoms with Gasteiger partial charge in [-0.2, -0.15) is 0 Å². The van der Waals surface area contributed by atoms with Crippen molar-refractivity contribution in [2.45, 2.75) is 39.5 Å². The molecule has 128 valence electrons. The molecule has 0 heterocycles. The maximum Gasteiger partial charge on any atom is 0.0701 e. The second kappa shape index (κ2) is 19.8. The van der Waals surface area contributed by atoms with Gasteiger partial charge in [-0.3, -0.25) is 0 Å². The highest BCUT2D eigenvalue weighted by Gasteiger charge is 1.92. The van der Waals surface area contributed by atoms with Gasteiger partial charge in [0.2, 0.25) is 0 Å². The van der Waals surface area contributed by atoms with Crippen LogP contribution in [0.1, 0.15) is 39.5 Å². The monoisotopic (exact) mass is 305 g/mol. The van der Waals surface area contributed by atoms with Crippen LogP contribution in [0, 0.1) is 0 Å². The predicted molar refractivity (Wildman–Crippen MR) is 86.0 cm³/mol. The van der Waals surface area contributed by atoms with Gasteiger partial charge in [-0.05, 0) is 12.8 Å². The van der Waals surface area contributed by atoms with Gasteiger partial charge in [-0.1, -0.05) is 26.7 Å². The van der Waals surface area contributed by atoms with Crippen LogP contribution in [0.3, 0.4) is 0 Å². The van der Waals surface area contributed by atoms with E-state index in [9.17, 15) is 0 Å². The van der Waals surface area contributed by atoms with Crippen molar-refractivity contribution in [3.05, 3.63) is 0 Å². The summed E-state index contributed by atoms with van der Waals surface area (Å²) in [5.74, 6) is 0. The molecule has 0 fully saturated rings. The Morgan fingerprint density at radius 3 is 1.29 bits per heavy atom. The van der Waals surface area contributed by atoms with Gasteiger partial charge in [-0.15, -0.1) is 0 Å². The van der Waals surface area contributed by atoms with Gasteiger partial charge < -0.3 is 24.3 Å². The molecule has 0 aliphatic rings. The molecule has 0 aromatic carbocycles. The van der Waals surface area contributed by atoms with Crippen molar-refractivity contribution in [1.82, 2.24) is 5.32 Å². The quantitative estimate of drug-likeness (QED) is 0.394. The van der Waals surface area contributed by atoms with Crippen molar-refractivity contribution in [2.75, 3.05) is 65.9 Å². The first-order valence-electron chi connectivity index (χ1n) is 8.43. The third-order valence-electron chi connectivity index (χ3n) is 2.87. The second-order valence-electron chi connectivity index (χ2n) is 4.91. The van der Waals surface area contributed by atoms with E-state index in [1.54, 1.807) is 0 Å². The lowest BCUT2D eigenvalue weighted by Gasteiger charge is -2.08. The smallest absolute Gasteiger partial charge is 0.0701 e. The molecule has 0 aliphatic heterocycles. The summed E-state index contributed by atoms with van der Waals surface area (Å²) >= 11 is 0. The number of unbranched alkanes of at least 4 members (excludes halogenated alkanes) is 2. The molecular weight excluding hydrogens is 270 g/mol. The van der Waals surface area contributed by atoms with Crippen LogP contribution in [0.4, 0.5) is 0 Å². The summed E-state index contributed by atoms with van der Waals surface area (Å²) in [6, 6.07) is 0. The Labute approximate surface area is 130 Å². The highest BCUT2D eigenvalue weighted by Crippen LogP contribution is 1.88. The summed E-state index contributed by atoms with van der Waals surface area (Å²) in [7, 11) is 0. The van der Waals surface area contributed by atoms with Crippen LogP contribution in [-0.2, 0) is 18.9 Å². The molecule has 0 spiro atoms. The molecule has 0 radical (unpaired) electrons. The fourth-order valence-corrected chi connectivity index (χ4v) is 1.55. The predicted octanol–water partition coefficient (Wildman–Crippen LogP) is 2.24. The van der Waals surface area contributed by atoms with Crippen LogP contribution in [0.5, 0.6) is 0 Å². The van der Waals surface area contributed by atoms with E-state index in [2.05, 4.69) is 19.2 Å².